The molecule has 54 valence electrons. The number of hydrogen-bond acceptors (Lipinski definition) is 3. The van der Waals surface area contributed by atoms with E-state index in [9.17, 15) is 0 Å². The highest BCUT2D eigenvalue weighted by Crippen LogP contribution is 2.01. The van der Waals surface area contributed by atoms with Crippen molar-refractivity contribution >= 4 is 0 Å². The van der Waals surface area contributed by atoms with Crippen LogP contribution < -0.4 is 0 Å². The van der Waals surface area contributed by atoms with Gasteiger partial charge in [-0.05, 0) is 6.92 Å². The van der Waals surface area contributed by atoms with Gasteiger partial charge in [-0.15, -0.1) is 0 Å². The van der Waals surface area contributed by atoms with Gasteiger partial charge in [0.25, 0.3) is 0 Å². The van der Waals surface area contributed by atoms with Gasteiger partial charge in [-0.2, -0.15) is 0 Å². The molecule has 0 radical (unpaired) electrons. The van der Waals surface area contributed by atoms with E-state index in [2.05, 4.69) is 0 Å². The summed E-state index contributed by atoms with van der Waals surface area (Å²) < 4.78 is 5.26. The minimum Gasteiger partial charge on any atom is -0.381 e. The molecule has 0 saturated carbocycles. The molecule has 0 aliphatic carbocycles. The maximum Gasteiger partial charge on any atom is 0.0958 e. The molecule has 1 heterocycles. The van der Waals surface area contributed by atoms with Crippen molar-refractivity contribution in [2.24, 2.45) is 0 Å². The molecule has 1 saturated heterocycles. The van der Waals surface area contributed by atoms with Crippen LogP contribution in [0.3, 0.4) is 0 Å². The van der Waals surface area contributed by atoms with Crippen LogP contribution >= 0.6 is 0 Å². The minimum atomic E-state index is 0.160. The summed E-state index contributed by atoms with van der Waals surface area (Å²) in [6.45, 7) is 4.65. The molecule has 0 unspecified atom stereocenters. The third-order valence-corrected chi connectivity index (χ3v) is 1.53. The topological polar surface area (TPSA) is 32.7 Å². The molecule has 0 spiro atoms. The first-order chi connectivity index (χ1) is 4.33. The number of aliphatic hydroxyl groups is 1. The molecule has 0 amide bonds. The van der Waals surface area contributed by atoms with Crippen molar-refractivity contribution in [3.8, 4) is 0 Å². The zero-order valence-electron chi connectivity index (χ0n) is 5.71. The number of nitrogens with zero attached hydrogens (tertiary/aromatic N) is 1. The van der Waals surface area contributed by atoms with Crippen molar-refractivity contribution in [1.29, 1.82) is 0 Å². The molecule has 1 atom stereocenters. The second-order valence-electron chi connectivity index (χ2n) is 2.40. The van der Waals surface area contributed by atoms with E-state index in [1.807, 2.05) is 11.8 Å². The van der Waals surface area contributed by atoms with Crippen LogP contribution in [0.5, 0.6) is 0 Å². The van der Waals surface area contributed by atoms with Crippen LogP contribution in [0.15, 0.2) is 0 Å². The van der Waals surface area contributed by atoms with Crippen LogP contribution in [0.2, 0.25) is 0 Å². The Morgan fingerprint density at radius 3 is 3.00 bits per heavy atom. The summed E-state index contributed by atoms with van der Waals surface area (Å²) in [6, 6.07) is 0. The van der Waals surface area contributed by atoms with Crippen LogP contribution in [0.4, 0.5) is 0 Å². The standard InChI is InChI=1S/C6H13NO2/c1-6-4-7(5-8)2-3-9-6/h6,8H,2-5H2,1H3/t6-/m0/s1. The van der Waals surface area contributed by atoms with Gasteiger partial charge in [0.15, 0.2) is 0 Å². The molecule has 3 nitrogen and oxygen atoms in total. The van der Waals surface area contributed by atoms with E-state index in [1.165, 1.54) is 0 Å². The third kappa shape index (κ3) is 1.93. The summed E-state index contributed by atoms with van der Waals surface area (Å²) in [7, 11) is 0. The molecule has 9 heavy (non-hydrogen) atoms. The van der Waals surface area contributed by atoms with E-state index in [4.69, 9.17) is 9.84 Å². The highest BCUT2D eigenvalue weighted by Gasteiger charge is 2.14. The lowest BCUT2D eigenvalue weighted by molar-refractivity contribution is -0.0462. The minimum absolute atomic E-state index is 0.160. The number of morpholine rings is 1. The molecule has 3 heteroatoms. The SMILES string of the molecule is C[C@H]1CN(CO)CCO1. The third-order valence-electron chi connectivity index (χ3n) is 1.53. The highest BCUT2D eigenvalue weighted by atomic mass is 16.5. The summed E-state index contributed by atoms with van der Waals surface area (Å²) in [5.74, 6) is 0. The Kier molecular flexibility index (Phi) is 2.45. The zero-order chi connectivity index (χ0) is 6.69. The van der Waals surface area contributed by atoms with Gasteiger partial charge >= 0.3 is 0 Å². The van der Waals surface area contributed by atoms with Crippen molar-refractivity contribution in [1.82, 2.24) is 4.90 Å². The van der Waals surface area contributed by atoms with Crippen LogP contribution in [-0.2, 0) is 4.74 Å². The van der Waals surface area contributed by atoms with E-state index < -0.39 is 0 Å². The molecule has 1 aliphatic heterocycles. The molecule has 1 fully saturated rings. The Morgan fingerprint density at radius 2 is 2.56 bits per heavy atom. The van der Waals surface area contributed by atoms with Gasteiger partial charge < -0.3 is 9.84 Å². The monoisotopic (exact) mass is 131 g/mol. The highest BCUT2D eigenvalue weighted by molar-refractivity contribution is 4.64. The van der Waals surface area contributed by atoms with Gasteiger partial charge in [0, 0.05) is 13.1 Å². The van der Waals surface area contributed by atoms with Crippen LogP contribution in [0, 0.1) is 0 Å². The van der Waals surface area contributed by atoms with Gasteiger partial charge in [0.2, 0.25) is 0 Å². The Bertz CT molecular complexity index is 87.1. The molecule has 0 aromatic rings. The Balaban J connectivity index is 2.23. The predicted octanol–water partition coefficient (Wildman–Crippen LogP) is -0.343. The molecular formula is C6H13NO2. The van der Waals surface area contributed by atoms with E-state index in [0.29, 0.717) is 0 Å². The quantitative estimate of drug-likeness (QED) is 0.528. The van der Waals surface area contributed by atoms with Crippen LogP contribution in [-0.4, -0.2) is 42.5 Å². The fourth-order valence-electron chi connectivity index (χ4n) is 1.02. The second-order valence-corrected chi connectivity index (χ2v) is 2.40. The molecule has 1 rings (SSSR count). The van der Waals surface area contributed by atoms with Gasteiger partial charge in [-0.1, -0.05) is 0 Å². The summed E-state index contributed by atoms with van der Waals surface area (Å²) in [4.78, 5) is 1.97. The Morgan fingerprint density at radius 1 is 1.78 bits per heavy atom. The van der Waals surface area contributed by atoms with E-state index >= 15 is 0 Å². The van der Waals surface area contributed by atoms with Gasteiger partial charge in [0.05, 0.1) is 19.4 Å². The summed E-state index contributed by atoms with van der Waals surface area (Å²) >= 11 is 0. The summed E-state index contributed by atoms with van der Waals surface area (Å²) in [6.07, 6.45) is 0.283. The van der Waals surface area contributed by atoms with Crippen molar-refractivity contribution in [2.75, 3.05) is 26.4 Å². The summed E-state index contributed by atoms with van der Waals surface area (Å²) in [5, 5.41) is 8.68. The van der Waals surface area contributed by atoms with E-state index in [-0.39, 0.29) is 12.8 Å². The lowest BCUT2D eigenvalue weighted by Crippen LogP contribution is -2.41. The fourth-order valence-corrected chi connectivity index (χ4v) is 1.02. The first-order valence-corrected chi connectivity index (χ1v) is 3.27. The van der Waals surface area contributed by atoms with Crippen molar-refractivity contribution in [3.05, 3.63) is 0 Å². The Labute approximate surface area is 55.2 Å². The van der Waals surface area contributed by atoms with Gasteiger partial charge in [0.1, 0.15) is 0 Å². The number of rotatable bonds is 1. The molecule has 0 bridgehead atoms. The van der Waals surface area contributed by atoms with E-state index in [0.717, 1.165) is 19.7 Å². The first-order valence-electron chi connectivity index (χ1n) is 3.27. The Hall–Kier alpha value is -0.120. The van der Waals surface area contributed by atoms with Crippen molar-refractivity contribution in [3.63, 3.8) is 0 Å². The zero-order valence-corrected chi connectivity index (χ0v) is 5.71. The number of hydrogen-bond donors (Lipinski definition) is 1. The lowest BCUT2D eigenvalue weighted by Gasteiger charge is -2.28. The fraction of sp³-hybridized carbons (Fsp3) is 1.00. The van der Waals surface area contributed by atoms with Crippen LogP contribution in [0.1, 0.15) is 6.92 Å². The molecular weight excluding hydrogens is 118 g/mol. The molecule has 1 N–H and O–H groups in total. The second kappa shape index (κ2) is 3.15. The predicted molar refractivity (Wildman–Crippen MR) is 34.1 cm³/mol. The molecule has 1 aliphatic rings. The molecule has 0 aromatic heterocycles. The largest absolute Gasteiger partial charge is 0.381 e. The normalized spacial score (nSPS) is 30.7. The average Bonchev–Trinajstić information content (AvgIpc) is 1.88. The first kappa shape index (κ1) is 6.99. The maximum absolute atomic E-state index is 8.68. The van der Waals surface area contributed by atoms with Crippen molar-refractivity contribution < 1.29 is 9.84 Å². The van der Waals surface area contributed by atoms with Crippen LogP contribution in [0.25, 0.3) is 0 Å². The van der Waals surface area contributed by atoms with E-state index in [1.54, 1.807) is 0 Å². The molecule has 0 aromatic carbocycles. The van der Waals surface area contributed by atoms with Crippen molar-refractivity contribution in [2.45, 2.75) is 13.0 Å². The summed E-state index contributed by atoms with van der Waals surface area (Å²) in [5.41, 5.74) is 0. The smallest absolute Gasteiger partial charge is 0.0958 e. The maximum atomic E-state index is 8.68. The average molecular weight is 131 g/mol. The lowest BCUT2D eigenvalue weighted by atomic mass is 10.3. The van der Waals surface area contributed by atoms with Gasteiger partial charge in [-0.25, -0.2) is 0 Å². The number of aliphatic hydroxyl groups excluding tert-OH is 1. The number of ether oxygens (including phenoxy) is 1. The van der Waals surface area contributed by atoms with Gasteiger partial charge in [-0.3, -0.25) is 4.90 Å².